The molecular formula is C12H12O6. The van der Waals surface area contributed by atoms with Crippen LogP contribution in [0.15, 0.2) is 12.1 Å². The van der Waals surface area contributed by atoms with Crippen molar-refractivity contribution in [1.82, 2.24) is 0 Å². The van der Waals surface area contributed by atoms with Crippen molar-refractivity contribution in [2.45, 2.75) is 26.1 Å². The van der Waals surface area contributed by atoms with Crippen LogP contribution in [0.4, 0.5) is 4.79 Å². The second-order valence-corrected chi connectivity index (χ2v) is 4.00. The van der Waals surface area contributed by atoms with E-state index in [9.17, 15) is 14.7 Å². The summed E-state index contributed by atoms with van der Waals surface area (Å²) in [7, 11) is 0. The first-order valence-electron chi connectivity index (χ1n) is 5.40. The molecule has 0 amide bonds. The number of carbonyl (C=O) groups is 2. The lowest BCUT2D eigenvalue weighted by Gasteiger charge is -2.25. The van der Waals surface area contributed by atoms with Crippen molar-refractivity contribution < 1.29 is 29.3 Å². The number of carboxylic acid groups (broad SMARTS) is 1. The van der Waals surface area contributed by atoms with Crippen molar-refractivity contribution in [3.8, 4) is 11.5 Å². The smallest absolute Gasteiger partial charge is 0.507 e. The van der Waals surface area contributed by atoms with E-state index < -0.39 is 12.4 Å². The maximum absolute atomic E-state index is 11.3. The zero-order valence-corrected chi connectivity index (χ0v) is 9.67. The van der Waals surface area contributed by atoms with Crippen molar-refractivity contribution in [3.63, 3.8) is 0 Å². The molecule has 0 spiro atoms. The standard InChI is InChI=1S/C12H12O6/c1-6(13)8-4-7-2-3-11(18-12(15)16)17-10(7)5-9(8)14/h4-5,11,14H,2-3H2,1H3,(H,15,16). The fourth-order valence-electron chi connectivity index (χ4n) is 1.87. The predicted octanol–water partition coefficient (Wildman–Crippen LogP) is 1.94. The molecule has 0 radical (unpaired) electrons. The first-order chi connectivity index (χ1) is 8.47. The monoisotopic (exact) mass is 252 g/mol. The first-order valence-corrected chi connectivity index (χ1v) is 5.40. The molecule has 1 aromatic rings. The number of benzene rings is 1. The van der Waals surface area contributed by atoms with Crippen molar-refractivity contribution in [1.29, 1.82) is 0 Å². The van der Waals surface area contributed by atoms with Crippen LogP contribution in [0.2, 0.25) is 0 Å². The number of hydrogen-bond donors (Lipinski definition) is 2. The van der Waals surface area contributed by atoms with Crippen LogP contribution >= 0.6 is 0 Å². The van der Waals surface area contributed by atoms with Crippen LogP contribution in [0.5, 0.6) is 11.5 Å². The Morgan fingerprint density at radius 2 is 2.17 bits per heavy atom. The van der Waals surface area contributed by atoms with Gasteiger partial charge >= 0.3 is 6.16 Å². The van der Waals surface area contributed by atoms with Crippen LogP contribution in [-0.2, 0) is 11.2 Å². The molecule has 0 saturated carbocycles. The van der Waals surface area contributed by atoms with Gasteiger partial charge in [0.05, 0.1) is 5.56 Å². The molecule has 18 heavy (non-hydrogen) atoms. The molecule has 1 aliphatic heterocycles. The normalized spacial score (nSPS) is 17.5. The van der Waals surface area contributed by atoms with Crippen LogP contribution in [0, 0.1) is 0 Å². The van der Waals surface area contributed by atoms with E-state index in [0.717, 1.165) is 5.56 Å². The van der Waals surface area contributed by atoms with Gasteiger partial charge < -0.3 is 19.7 Å². The molecule has 1 heterocycles. The highest BCUT2D eigenvalue weighted by Gasteiger charge is 2.24. The first kappa shape index (κ1) is 12.2. The van der Waals surface area contributed by atoms with E-state index in [1.165, 1.54) is 13.0 Å². The third kappa shape index (κ3) is 2.37. The summed E-state index contributed by atoms with van der Waals surface area (Å²) in [5.41, 5.74) is 0.984. The summed E-state index contributed by atoms with van der Waals surface area (Å²) in [6, 6.07) is 2.87. The molecule has 0 aromatic heterocycles. The molecule has 0 aliphatic carbocycles. The lowest BCUT2D eigenvalue weighted by molar-refractivity contribution is -0.0635. The van der Waals surface area contributed by atoms with Gasteiger partial charge in [-0.05, 0) is 25.0 Å². The Morgan fingerprint density at radius 1 is 1.44 bits per heavy atom. The van der Waals surface area contributed by atoms with E-state index in [1.807, 2.05) is 0 Å². The number of fused-ring (bicyclic) bond motifs is 1. The van der Waals surface area contributed by atoms with Gasteiger partial charge in [-0.25, -0.2) is 4.79 Å². The number of ether oxygens (including phenoxy) is 2. The zero-order chi connectivity index (χ0) is 13.3. The molecular weight excluding hydrogens is 240 g/mol. The van der Waals surface area contributed by atoms with Gasteiger partial charge in [-0.3, -0.25) is 4.79 Å². The van der Waals surface area contributed by atoms with Gasteiger partial charge in [-0.2, -0.15) is 0 Å². The third-order valence-electron chi connectivity index (χ3n) is 2.70. The van der Waals surface area contributed by atoms with Gasteiger partial charge in [0.1, 0.15) is 11.5 Å². The fourth-order valence-corrected chi connectivity index (χ4v) is 1.87. The predicted molar refractivity (Wildman–Crippen MR) is 60.0 cm³/mol. The zero-order valence-electron chi connectivity index (χ0n) is 9.67. The number of aromatic hydroxyl groups is 1. The Morgan fingerprint density at radius 3 is 2.78 bits per heavy atom. The van der Waals surface area contributed by atoms with E-state index in [0.29, 0.717) is 18.6 Å². The Bertz CT molecular complexity index is 508. The number of rotatable bonds is 2. The minimum absolute atomic E-state index is 0.183. The number of ketones is 1. The molecule has 96 valence electrons. The molecule has 1 aliphatic rings. The average Bonchev–Trinajstić information content (AvgIpc) is 2.26. The van der Waals surface area contributed by atoms with E-state index in [4.69, 9.17) is 9.84 Å². The van der Waals surface area contributed by atoms with Gasteiger partial charge in [0.25, 0.3) is 0 Å². The van der Waals surface area contributed by atoms with Crippen LogP contribution in [0.1, 0.15) is 29.3 Å². The van der Waals surface area contributed by atoms with E-state index in [-0.39, 0.29) is 17.1 Å². The van der Waals surface area contributed by atoms with Gasteiger partial charge in [0.2, 0.25) is 6.29 Å². The molecule has 0 saturated heterocycles. The number of phenols is 1. The number of carbonyl (C=O) groups excluding carboxylic acids is 1. The van der Waals surface area contributed by atoms with Gasteiger partial charge in [-0.1, -0.05) is 0 Å². The maximum Gasteiger partial charge on any atom is 0.508 e. The van der Waals surface area contributed by atoms with Gasteiger partial charge in [-0.15, -0.1) is 0 Å². The molecule has 1 atom stereocenters. The van der Waals surface area contributed by atoms with Crippen LogP contribution in [-0.4, -0.2) is 28.4 Å². The number of hydrogen-bond acceptors (Lipinski definition) is 5. The summed E-state index contributed by atoms with van der Waals surface area (Å²) in [6.07, 6.45) is -1.39. The van der Waals surface area contributed by atoms with Crippen LogP contribution in [0.25, 0.3) is 0 Å². The van der Waals surface area contributed by atoms with Crippen molar-refractivity contribution >= 4 is 11.9 Å². The summed E-state index contributed by atoms with van der Waals surface area (Å²) < 4.78 is 9.80. The highest BCUT2D eigenvalue weighted by molar-refractivity contribution is 5.97. The number of phenolic OH excluding ortho intramolecular Hbond substituents is 1. The quantitative estimate of drug-likeness (QED) is 0.617. The van der Waals surface area contributed by atoms with E-state index in [2.05, 4.69) is 4.74 Å². The molecule has 1 unspecified atom stereocenters. The largest absolute Gasteiger partial charge is 0.508 e. The van der Waals surface area contributed by atoms with Crippen LogP contribution in [0.3, 0.4) is 0 Å². The Labute approximate surface area is 103 Å². The van der Waals surface area contributed by atoms with Crippen LogP contribution < -0.4 is 4.74 Å². The molecule has 0 fully saturated rings. The lowest BCUT2D eigenvalue weighted by atomic mass is 10.0. The summed E-state index contributed by atoms with van der Waals surface area (Å²) in [5.74, 6) is -0.0774. The number of Topliss-reactive ketones (excluding diaryl/α,β-unsaturated/α-hetero) is 1. The van der Waals surface area contributed by atoms with Crippen molar-refractivity contribution in [2.24, 2.45) is 0 Å². The summed E-state index contributed by atoms with van der Waals surface area (Å²) in [5, 5.41) is 18.1. The van der Waals surface area contributed by atoms with E-state index >= 15 is 0 Å². The average molecular weight is 252 g/mol. The fraction of sp³-hybridized carbons (Fsp3) is 0.333. The van der Waals surface area contributed by atoms with Crippen molar-refractivity contribution in [3.05, 3.63) is 23.3 Å². The second kappa shape index (κ2) is 4.56. The Kier molecular flexibility index (Phi) is 3.10. The summed E-state index contributed by atoms with van der Waals surface area (Å²) in [6.45, 7) is 1.36. The van der Waals surface area contributed by atoms with Gasteiger partial charge in [0.15, 0.2) is 5.78 Å². The Balaban J connectivity index is 2.26. The SMILES string of the molecule is CC(=O)c1cc2c(cc1O)OC(OC(=O)O)CC2. The molecule has 0 bridgehead atoms. The molecule has 1 aromatic carbocycles. The summed E-state index contributed by atoms with van der Waals surface area (Å²) in [4.78, 5) is 21.7. The molecule has 2 rings (SSSR count). The highest BCUT2D eigenvalue weighted by atomic mass is 16.8. The minimum Gasteiger partial charge on any atom is -0.507 e. The minimum atomic E-state index is -1.41. The number of aryl methyl sites for hydroxylation is 1. The van der Waals surface area contributed by atoms with Gasteiger partial charge in [0, 0.05) is 12.5 Å². The third-order valence-corrected chi connectivity index (χ3v) is 2.70. The molecule has 6 nitrogen and oxygen atoms in total. The van der Waals surface area contributed by atoms with E-state index in [1.54, 1.807) is 6.07 Å². The highest BCUT2D eigenvalue weighted by Crippen LogP contribution is 2.34. The second-order valence-electron chi connectivity index (χ2n) is 4.00. The molecule has 2 N–H and O–H groups in total. The Hall–Kier alpha value is -2.24. The van der Waals surface area contributed by atoms with Crippen molar-refractivity contribution in [2.75, 3.05) is 0 Å². The molecule has 6 heteroatoms. The lowest BCUT2D eigenvalue weighted by Crippen LogP contribution is -2.27. The maximum atomic E-state index is 11.3. The topological polar surface area (TPSA) is 93.1 Å². The summed E-state index contributed by atoms with van der Waals surface area (Å²) >= 11 is 0.